The average Bonchev–Trinajstić information content (AvgIpc) is 3.14. The smallest absolute Gasteiger partial charge is 0.241 e. The largest absolute Gasteiger partial charge is 0.338 e. The second-order valence-corrected chi connectivity index (χ2v) is 6.97. The highest BCUT2D eigenvalue weighted by atomic mass is 19.1. The van der Waals surface area contributed by atoms with Crippen LogP contribution < -0.4 is 0 Å². The van der Waals surface area contributed by atoms with Gasteiger partial charge in [0.15, 0.2) is 0 Å². The van der Waals surface area contributed by atoms with E-state index in [2.05, 4.69) is 19.9 Å². The van der Waals surface area contributed by atoms with Gasteiger partial charge in [0.05, 0.1) is 6.54 Å². The topological polar surface area (TPSA) is 45.4 Å². The second kappa shape index (κ2) is 7.98. The molecular weight excluding hydrogens is 343 g/mol. The van der Waals surface area contributed by atoms with Crippen molar-refractivity contribution >= 4 is 0 Å². The van der Waals surface area contributed by atoms with Crippen molar-refractivity contribution in [1.29, 1.82) is 0 Å². The third-order valence-corrected chi connectivity index (χ3v) is 5.03. The summed E-state index contributed by atoms with van der Waals surface area (Å²) in [5, 5.41) is 4.13. The maximum absolute atomic E-state index is 13.8. The summed E-state index contributed by atoms with van der Waals surface area (Å²) in [4.78, 5) is 9.13. The summed E-state index contributed by atoms with van der Waals surface area (Å²) in [5.74, 6) is 1.15. The summed E-state index contributed by atoms with van der Waals surface area (Å²) < 4.78 is 19.3. The van der Waals surface area contributed by atoms with Gasteiger partial charge in [-0.1, -0.05) is 47.6 Å². The second-order valence-electron chi connectivity index (χ2n) is 6.97. The predicted octanol–water partition coefficient (Wildman–Crippen LogP) is 3.50. The highest BCUT2D eigenvalue weighted by molar-refractivity contribution is 5.58. The SMILES string of the molecule is Cc1ccccc1-c1noc(CN2CCN(Cc3ccccc3F)CC2)n1. The Morgan fingerprint density at radius 1 is 0.926 bits per heavy atom. The number of rotatable bonds is 5. The summed E-state index contributed by atoms with van der Waals surface area (Å²) in [6.45, 7) is 6.93. The lowest BCUT2D eigenvalue weighted by Gasteiger charge is -2.33. The summed E-state index contributed by atoms with van der Waals surface area (Å²) in [7, 11) is 0. The highest BCUT2D eigenvalue weighted by Crippen LogP contribution is 2.20. The average molecular weight is 366 g/mol. The number of benzene rings is 2. The first kappa shape index (κ1) is 17.8. The first-order valence-corrected chi connectivity index (χ1v) is 9.26. The van der Waals surface area contributed by atoms with Crippen LogP contribution in [0, 0.1) is 12.7 Å². The van der Waals surface area contributed by atoms with Crippen LogP contribution in [0.5, 0.6) is 0 Å². The van der Waals surface area contributed by atoms with Crippen molar-refractivity contribution in [1.82, 2.24) is 19.9 Å². The van der Waals surface area contributed by atoms with Gasteiger partial charge < -0.3 is 4.52 Å². The van der Waals surface area contributed by atoms with Crippen molar-refractivity contribution < 1.29 is 8.91 Å². The van der Waals surface area contributed by atoms with Crippen molar-refractivity contribution in [2.45, 2.75) is 20.0 Å². The minimum absolute atomic E-state index is 0.130. The third-order valence-electron chi connectivity index (χ3n) is 5.03. The van der Waals surface area contributed by atoms with E-state index in [-0.39, 0.29) is 5.82 Å². The van der Waals surface area contributed by atoms with Crippen molar-refractivity contribution in [2.24, 2.45) is 0 Å². The molecule has 0 radical (unpaired) electrons. The lowest BCUT2D eigenvalue weighted by atomic mass is 10.1. The monoisotopic (exact) mass is 366 g/mol. The van der Waals surface area contributed by atoms with Crippen molar-refractivity contribution in [3.8, 4) is 11.4 Å². The molecule has 1 aliphatic heterocycles. The van der Waals surface area contributed by atoms with E-state index in [4.69, 9.17) is 4.52 Å². The normalized spacial score (nSPS) is 15.9. The van der Waals surface area contributed by atoms with E-state index in [1.54, 1.807) is 6.07 Å². The fourth-order valence-corrected chi connectivity index (χ4v) is 3.42. The summed E-state index contributed by atoms with van der Waals surface area (Å²) in [6, 6.07) is 15.0. The van der Waals surface area contributed by atoms with Gasteiger partial charge >= 0.3 is 0 Å². The lowest BCUT2D eigenvalue weighted by Crippen LogP contribution is -2.45. The van der Waals surface area contributed by atoms with E-state index in [0.717, 1.165) is 42.9 Å². The van der Waals surface area contributed by atoms with Crippen molar-refractivity contribution in [3.05, 3.63) is 71.4 Å². The van der Waals surface area contributed by atoms with Gasteiger partial charge in [0.1, 0.15) is 5.82 Å². The van der Waals surface area contributed by atoms with Crippen LogP contribution in [-0.4, -0.2) is 46.1 Å². The summed E-state index contributed by atoms with van der Waals surface area (Å²) in [6.07, 6.45) is 0. The number of aromatic nitrogens is 2. The summed E-state index contributed by atoms with van der Waals surface area (Å²) >= 11 is 0. The van der Waals surface area contributed by atoms with Crippen LogP contribution in [0.3, 0.4) is 0 Å². The minimum atomic E-state index is -0.130. The van der Waals surface area contributed by atoms with Crippen LogP contribution in [0.15, 0.2) is 53.1 Å². The Morgan fingerprint density at radius 2 is 1.59 bits per heavy atom. The molecule has 0 amide bonds. The molecule has 1 aromatic heterocycles. The Morgan fingerprint density at radius 3 is 2.33 bits per heavy atom. The van der Waals surface area contributed by atoms with Gasteiger partial charge in [-0.15, -0.1) is 0 Å². The molecule has 0 bridgehead atoms. The van der Waals surface area contributed by atoms with Gasteiger partial charge in [-0.3, -0.25) is 9.80 Å². The number of halogens is 1. The van der Waals surface area contributed by atoms with Gasteiger partial charge in [0.2, 0.25) is 11.7 Å². The maximum atomic E-state index is 13.8. The molecule has 5 nitrogen and oxygen atoms in total. The van der Waals surface area contributed by atoms with E-state index in [1.165, 1.54) is 6.07 Å². The molecule has 1 aliphatic rings. The van der Waals surface area contributed by atoms with Crippen LogP contribution in [0.25, 0.3) is 11.4 Å². The van der Waals surface area contributed by atoms with Crippen LogP contribution in [0.1, 0.15) is 17.0 Å². The fraction of sp³-hybridized carbons (Fsp3) is 0.333. The first-order chi connectivity index (χ1) is 13.2. The molecule has 1 saturated heterocycles. The molecule has 140 valence electrons. The predicted molar refractivity (Wildman–Crippen MR) is 101 cm³/mol. The quantitative estimate of drug-likeness (QED) is 0.692. The molecule has 0 aliphatic carbocycles. The molecule has 3 aromatic rings. The zero-order valence-corrected chi connectivity index (χ0v) is 15.4. The zero-order valence-electron chi connectivity index (χ0n) is 15.4. The first-order valence-electron chi connectivity index (χ1n) is 9.26. The van der Waals surface area contributed by atoms with Gasteiger partial charge in [-0.05, 0) is 18.6 Å². The number of aryl methyl sites for hydroxylation is 1. The number of hydrogen-bond donors (Lipinski definition) is 0. The number of hydrogen-bond acceptors (Lipinski definition) is 5. The fourth-order valence-electron chi connectivity index (χ4n) is 3.42. The van der Waals surface area contributed by atoms with Crippen molar-refractivity contribution in [3.63, 3.8) is 0 Å². The Labute approximate surface area is 158 Å². The molecule has 0 saturated carbocycles. The molecule has 1 fully saturated rings. The van der Waals surface area contributed by atoms with E-state index in [1.807, 2.05) is 43.3 Å². The third kappa shape index (κ3) is 4.23. The molecule has 2 heterocycles. The Balaban J connectivity index is 1.32. The molecular formula is C21H23FN4O. The van der Waals surface area contributed by atoms with Crippen LogP contribution in [-0.2, 0) is 13.1 Å². The Kier molecular flexibility index (Phi) is 5.27. The van der Waals surface area contributed by atoms with E-state index >= 15 is 0 Å². The molecule has 4 rings (SSSR count). The highest BCUT2D eigenvalue weighted by Gasteiger charge is 2.20. The van der Waals surface area contributed by atoms with E-state index in [0.29, 0.717) is 24.8 Å². The number of piperazine rings is 1. The zero-order chi connectivity index (χ0) is 18.6. The molecule has 0 atom stereocenters. The Hall–Kier alpha value is -2.57. The van der Waals surface area contributed by atoms with Crippen LogP contribution in [0.2, 0.25) is 0 Å². The van der Waals surface area contributed by atoms with Crippen LogP contribution in [0.4, 0.5) is 4.39 Å². The molecule has 6 heteroatoms. The summed E-state index contributed by atoms with van der Waals surface area (Å²) in [5.41, 5.74) is 2.89. The molecule has 0 unspecified atom stereocenters. The van der Waals surface area contributed by atoms with Gasteiger partial charge in [-0.2, -0.15) is 4.98 Å². The van der Waals surface area contributed by atoms with Gasteiger partial charge in [0, 0.05) is 43.9 Å². The number of nitrogens with zero attached hydrogens (tertiary/aromatic N) is 4. The van der Waals surface area contributed by atoms with E-state index < -0.39 is 0 Å². The molecule has 0 spiro atoms. The molecule has 27 heavy (non-hydrogen) atoms. The molecule has 0 N–H and O–H groups in total. The van der Waals surface area contributed by atoms with E-state index in [9.17, 15) is 4.39 Å². The van der Waals surface area contributed by atoms with Crippen molar-refractivity contribution in [2.75, 3.05) is 26.2 Å². The van der Waals surface area contributed by atoms with Gasteiger partial charge in [0.25, 0.3) is 0 Å². The van der Waals surface area contributed by atoms with Gasteiger partial charge in [-0.25, -0.2) is 4.39 Å². The minimum Gasteiger partial charge on any atom is -0.338 e. The Bertz CT molecular complexity index is 902. The van der Waals surface area contributed by atoms with Crippen LogP contribution >= 0.6 is 0 Å². The lowest BCUT2D eigenvalue weighted by molar-refractivity contribution is 0.111. The maximum Gasteiger partial charge on any atom is 0.241 e. The molecule has 2 aromatic carbocycles. The standard InChI is InChI=1S/C21H23FN4O/c1-16-6-2-4-8-18(16)21-23-20(27-24-21)15-26-12-10-25(11-13-26)14-17-7-3-5-9-19(17)22/h2-9H,10-15H2,1H3.